The summed E-state index contributed by atoms with van der Waals surface area (Å²) in [6.07, 6.45) is 1.94. The van der Waals surface area contributed by atoms with Gasteiger partial charge in [0.25, 0.3) is 0 Å². The molecule has 74 valence electrons. The maximum Gasteiger partial charge on any atom is 0.224 e. The van der Waals surface area contributed by atoms with E-state index in [4.69, 9.17) is 4.74 Å². The number of carbonyl (C=O) groups is 1. The average molecular weight is 184 g/mol. The lowest BCUT2D eigenvalue weighted by molar-refractivity contribution is -0.125. The summed E-state index contributed by atoms with van der Waals surface area (Å²) in [4.78, 5) is 11.6. The Morgan fingerprint density at radius 2 is 2.38 bits per heavy atom. The van der Waals surface area contributed by atoms with Crippen LogP contribution in [0.2, 0.25) is 0 Å². The molecule has 2 atom stereocenters. The van der Waals surface area contributed by atoms with Crippen molar-refractivity contribution in [3.05, 3.63) is 0 Å². The monoisotopic (exact) mass is 184 g/mol. The van der Waals surface area contributed by atoms with E-state index in [-0.39, 0.29) is 17.9 Å². The molecule has 4 heteroatoms. The third-order valence-electron chi connectivity index (χ3n) is 2.71. The third-order valence-corrected chi connectivity index (χ3v) is 2.71. The number of ether oxygens (including phenoxy) is 1. The van der Waals surface area contributed by atoms with Crippen LogP contribution in [-0.2, 0) is 9.53 Å². The molecule has 1 amide bonds. The molecule has 2 aliphatic heterocycles. The maximum absolute atomic E-state index is 11.6. The lowest BCUT2D eigenvalue weighted by Crippen LogP contribution is -2.39. The first-order chi connectivity index (χ1) is 6.36. The van der Waals surface area contributed by atoms with Crippen LogP contribution in [0.5, 0.6) is 0 Å². The molecule has 2 heterocycles. The fraction of sp³-hybridized carbons (Fsp3) is 0.889. The largest absolute Gasteiger partial charge is 0.379 e. The number of hydrogen-bond donors (Lipinski definition) is 2. The van der Waals surface area contributed by atoms with Crippen molar-refractivity contribution in [3.8, 4) is 0 Å². The van der Waals surface area contributed by atoms with Crippen molar-refractivity contribution >= 4 is 5.91 Å². The molecule has 0 aromatic carbocycles. The van der Waals surface area contributed by atoms with Gasteiger partial charge in [-0.2, -0.15) is 0 Å². The van der Waals surface area contributed by atoms with Gasteiger partial charge in [0.05, 0.1) is 18.6 Å². The molecule has 0 radical (unpaired) electrons. The van der Waals surface area contributed by atoms with E-state index in [1.54, 1.807) is 0 Å². The Bertz CT molecular complexity index is 184. The van der Waals surface area contributed by atoms with E-state index in [9.17, 15) is 4.79 Å². The smallest absolute Gasteiger partial charge is 0.224 e. The van der Waals surface area contributed by atoms with Gasteiger partial charge < -0.3 is 15.4 Å². The van der Waals surface area contributed by atoms with Gasteiger partial charge >= 0.3 is 0 Å². The Kier molecular flexibility index (Phi) is 2.80. The van der Waals surface area contributed by atoms with E-state index >= 15 is 0 Å². The Balaban J connectivity index is 1.76. The molecule has 0 saturated carbocycles. The Labute approximate surface area is 78.0 Å². The fourth-order valence-electron chi connectivity index (χ4n) is 1.85. The van der Waals surface area contributed by atoms with Gasteiger partial charge in [0.2, 0.25) is 5.91 Å². The van der Waals surface area contributed by atoms with Crippen LogP contribution in [0, 0.1) is 5.92 Å². The molecule has 1 unspecified atom stereocenters. The van der Waals surface area contributed by atoms with Gasteiger partial charge in [0.15, 0.2) is 0 Å². The second-order valence-electron chi connectivity index (χ2n) is 3.76. The lowest BCUT2D eigenvalue weighted by Gasteiger charge is -2.13. The second-order valence-corrected chi connectivity index (χ2v) is 3.76. The first-order valence-electron chi connectivity index (χ1n) is 4.95. The normalized spacial score (nSPS) is 33.5. The van der Waals surface area contributed by atoms with Crippen molar-refractivity contribution in [1.29, 1.82) is 0 Å². The highest BCUT2D eigenvalue weighted by Gasteiger charge is 2.25. The van der Waals surface area contributed by atoms with Crippen molar-refractivity contribution in [2.24, 2.45) is 5.92 Å². The van der Waals surface area contributed by atoms with Crippen LogP contribution in [0.1, 0.15) is 12.8 Å². The number of amides is 1. The summed E-state index contributed by atoms with van der Waals surface area (Å²) in [6, 6.07) is 0.257. The molecule has 2 fully saturated rings. The molecule has 13 heavy (non-hydrogen) atoms. The average Bonchev–Trinajstić information content (AvgIpc) is 2.74. The molecule has 0 bridgehead atoms. The van der Waals surface area contributed by atoms with Crippen LogP contribution in [0.25, 0.3) is 0 Å². The molecule has 2 aliphatic rings. The van der Waals surface area contributed by atoms with E-state index in [0.717, 1.165) is 32.5 Å². The van der Waals surface area contributed by atoms with Crippen molar-refractivity contribution < 1.29 is 9.53 Å². The Morgan fingerprint density at radius 3 is 3.00 bits per heavy atom. The van der Waals surface area contributed by atoms with Gasteiger partial charge in [0, 0.05) is 13.2 Å². The highest BCUT2D eigenvalue weighted by molar-refractivity contribution is 5.79. The molecule has 0 aromatic heterocycles. The number of hydrogen-bond acceptors (Lipinski definition) is 3. The fourth-order valence-corrected chi connectivity index (χ4v) is 1.85. The topological polar surface area (TPSA) is 50.4 Å². The molecular formula is C9H16N2O2. The van der Waals surface area contributed by atoms with Crippen LogP contribution < -0.4 is 10.6 Å². The minimum absolute atomic E-state index is 0.181. The van der Waals surface area contributed by atoms with Crippen LogP contribution >= 0.6 is 0 Å². The van der Waals surface area contributed by atoms with Crippen molar-refractivity contribution in [2.75, 3.05) is 26.3 Å². The molecule has 0 aromatic rings. The highest BCUT2D eigenvalue weighted by atomic mass is 16.5. The summed E-state index contributed by atoms with van der Waals surface area (Å²) in [5.74, 6) is 0.376. The highest BCUT2D eigenvalue weighted by Crippen LogP contribution is 2.10. The molecule has 2 N–H and O–H groups in total. The van der Waals surface area contributed by atoms with Gasteiger partial charge in [-0.3, -0.25) is 4.79 Å². The molecule has 2 rings (SSSR count). The van der Waals surface area contributed by atoms with Crippen LogP contribution in [0.4, 0.5) is 0 Å². The lowest BCUT2D eigenvalue weighted by atomic mass is 10.1. The van der Waals surface area contributed by atoms with Crippen LogP contribution in [0.3, 0.4) is 0 Å². The van der Waals surface area contributed by atoms with Gasteiger partial charge in [0.1, 0.15) is 0 Å². The molecule has 0 aliphatic carbocycles. The third kappa shape index (κ3) is 2.19. The SMILES string of the molecule is O=C(NC1CCOC1)[C@H]1CCNC1. The molecule has 2 saturated heterocycles. The summed E-state index contributed by atoms with van der Waals surface area (Å²) in [5.41, 5.74) is 0. The zero-order chi connectivity index (χ0) is 9.10. The minimum Gasteiger partial charge on any atom is -0.379 e. The summed E-state index contributed by atoms with van der Waals surface area (Å²) >= 11 is 0. The predicted molar refractivity (Wildman–Crippen MR) is 48.3 cm³/mol. The first-order valence-corrected chi connectivity index (χ1v) is 4.95. The predicted octanol–water partition coefficient (Wildman–Crippen LogP) is -0.499. The standard InChI is InChI=1S/C9H16N2O2/c12-9(7-1-3-10-5-7)11-8-2-4-13-6-8/h7-8,10H,1-6H2,(H,11,12)/t7-,8?/m0/s1. The minimum atomic E-state index is 0.181. The van der Waals surface area contributed by atoms with E-state index in [1.807, 2.05) is 0 Å². The molecule has 0 spiro atoms. The maximum atomic E-state index is 11.6. The molecular weight excluding hydrogens is 168 g/mol. The summed E-state index contributed by atoms with van der Waals surface area (Å²) < 4.78 is 5.19. The number of carbonyl (C=O) groups excluding carboxylic acids is 1. The van der Waals surface area contributed by atoms with Crippen LogP contribution in [-0.4, -0.2) is 38.3 Å². The van der Waals surface area contributed by atoms with Gasteiger partial charge in [-0.25, -0.2) is 0 Å². The molecule has 4 nitrogen and oxygen atoms in total. The van der Waals surface area contributed by atoms with E-state index in [0.29, 0.717) is 6.61 Å². The van der Waals surface area contributed by atoms with Crippen LogP contribution in [0.15, 0.2) is 0 Å². The van der Waals surface area contributed by atoms with Crippen molar-refractivity contribution in [1.82, 2.24) is 10.6 Å². The van der Waals surface area contributed by atoms with Gasteiger partial charge in [-0.15, -0.1) is 0 Å². The Morgan fingerprint density at radius 1 is 1.46 bits per heavy atom. The van der Waals surface area contributed by atoms with E-state index in [2.05, 4.69) is 10.6 Å². The zero-order valence-electron chi connectivity index (χ0n) is 7.71. The van der Waals surface area contributed by atoms with Crippen molar-refractivity contribution in [2.45, 2.75) is 18.9 Å². The van der Waals surface area contributed by atoms with Gasteiger partial charge in [-0.05, 0) is 19.4 Å². The summed E-state index contributed by atoms with van der Waals surface area (Å²) in [7, 11) is 0. The number of nitrogens with one attached hydrogen (secondary N) is 2. The first kappa shape index (κ1) is 8.97. The van der Waals surface area contributed by atoms with E-state index in [1.165, 1.54) is 0 Å². The second kappa shape index (κ2) is 4.07. The summed E-state index contributed by atoms with van der Waals surface area (Å²) in [5, 5.41) is 6.20. The van der Waals surface area contributed by atoms with Crippen molar-refractivity contribution in [3.63, 3.8) is 0 Å². The quantitative estimate of drug-likeness (QED) is 0.608. The Hall–Kier alpha value is -0.610. The number of rotatable bonds is 2. The van der Waals surface area contributed by atoms with E-state index < -0.39 is 0 Å². The zero-order valence-corrected chi connectivity index (χ0v) is 7.71. The van der Waals surface area contributed by atoms with Gasteiger partial charge in [-0.1, -0.05) is 0 Å². The summed E-state index contributed by atoms with van der Waals surface area (Å²) in [6.45, 7) is 3.28.